The van der Waals surface area contributed by atoms with Crippen molar-refractivity contribution in [2.24, 2.45) is 0 Å². The van der Waals surface area contributed by atoms with Crippen LogP contribution in [0, 0.1) is 0 Å². The van der Waals surface area contributed by atoms with Gasteiger partial charge in [0.2, 0.25) is 5.13 Å². The Morgan fingerprint density at radius 2 is 1.79 bits per heavy atom. The third-order valence-electron chi connectivity index (χ3n) is 4.62. The number of benzene rings is 2. The van der Waals surface area contributed by atoms with Crippen LogP contribution in [-0.4, -0.2) is 31.1 Å². The summed E-state index contributed by atoms with van der Waals surface area (Å²) in [5.74, 6) is -0.0188. The maximum Gasteiger partial charge on any atom is 0.279 e. The number of carbonyl (C=O) groups excluding carboxylic acids is 1. The predicted molar refractivity (Wildman–Crippen MR) is 114 cm³/mol. The molecule has 0 spiro atoms. The maximum absolute atomic E-state index is 12.9. The lowest BCUT2D eigenvalue weighted by Crippen LogP contribution is -2.15. The summed E-state index contributed by atoms with van der Waals surface area (Å²) in [7, 11) is 0. The summed E-state index contributed by atoms with van der Waals surface area (Å²) in [6.45, 7) is 0. The van der Waals surface area contributed by atoms with Crippen LogP contribution in [0.15, 0.2) is 59.1 Å². The van der Waals surface area contributed by atoms with Gasteiger partial charge in [-0.1, -0.05) is 62.8 Å². The van der Waals surface area contributed by atoms with Crippen molar-refractivity contribution in [3.8, 4) is 16.3 Å². The molecule has 2 heterocycles. The number of rotatable bonds is 5. The molecule has 0 aliphatic heterocycles. The van der Waals surface area contributed by atoms with E-state index >= 15 is 0 Å². The van der Waals surface area contributed by atoms with Crippen LogP contribution in [0.25, 0.3) is 16.3 Å². The van der Waals surface area contributed by atoms with E-state index < -0.39 is 0 Å². The van der Waals surface area contributed by atoms with Crippen molar-refractivity contribution >= 4 is 38.3 Å². The molecule has 29 heavy (non-hydrogen) atoms. The van der Waals surface area contributed by atoms with Crippen molar-refractivity contribution in [3.63, 3.8) is 0 Å². The molecule has 1 N–H and O–H groups in total. The molecular weight excluding hydrogens is 452 g/mol. The minimum absolute atomic E-state index is 0.295. The predicted octanol–water partition coefficient (Wildman–Crippen LogP) is 4.68. The Morgan fingerprint density at radius 3 is 2.52 bits per heavy atom. The van der Waals surface area contributed by atoms with Gasteiger partial charge in [0.15, 0.2) is 5.69 Å². The number of aromatic nitrogens is 5. The van der Waals surface area contributed by atoms with E-state index in [9.17, 15) is 4.79 Å². The van der Waals surface area contributed by atoms with Gasteiger partial charge < -0.3 is 0 Å². The average Bonchev–Trinajstić information content (AvgIpc) is 3.31. The van der Waals surface area contributed by atoms with Gasteiger partial charge in [-0.3, -0.25) is 10.1 Å². The molecule has 7 nitrogen and oxygen atoms in total. The fourth-order valence-electron chi connectivity index (χ4n) is 3.07. The summed E-state index contributed by atoms with van der Waals surface area (Å²) in [6, 6.07) is 17.5. The molecule has 9 heteroatoms. The van der Waals surface area contributed by atoms with Crippen LogP contribution >= 0.6 is 27.3 Å². The van der Waals surface area contributed by atoms with Gasteiger partial charge in [0.1, 0.15) is 5.01 Å². The van der Waals surface area contributed by atoms with Gasteiger partial charge in [-0.2, -0.15) is 0 Å². The van der Waals surface area contributed by atoms with Gasteiger partial charge in [0, 0.05) is 16.0 Å². The summed E-state index contributed by atoms with van der Waals surface area (Å²) in [6.07, 6.45) is 2.06. The van der Waals surface area contributed by atoms with Gasteiger partial charge in [-0.25, -0.2) is 4.68 Å². The Bertz CT molecular complexity index is 1170. The number of hydrogen-bond donors (Lipinski definition) is 1. The summed E-state index contributed by atoms with van der Waals surface area (Å²) in [5.41, 5.74) is 3.03. The molecule has 4 aromatic rings. The first kappa shape index (κ1) is 18.1. The van der Waals surface area contributed by atoms with E-state index in [1.807, 2.05) is 54.6 Å². The number of hydrogen-bond acceptors (Lipinski definition) is 6. The van der Waals surface area contributed by atoms with Crippen LogP contribution in [-0.2, 0) is 0 Å². The Balaban J connectivity index is 1.42. The molecule has 1 amide bonds. The Morgan fingerprint density at radius 1 is 1.03 bits per heavy atom. The van der Waals surface area contributed by atoms with Crippen LogP contribution in [0.4, 0.5) is 5.13 Å². The molecule has 0 atom stereocenters. The molecule has 1 fully saturated rings. The summed E-state index contributed by atoms with van der Waals surface area (Å²) < 4.78 is 2.74. The molecule has 1 aliphatic rings. The largest absolute Gasteiger partial charge is 0.295 e. The van der Waals surface area contributed by atoms with Crippen LogP contribution in [0.5, 0.6) is 0 Å². The topological polar surface area (TPSA) is 85.6 Å². The first-order valence-electron chi connectivity index (χ1n) is 9.11. The van der Waals surface area contributed by atoms with Crippen LogP contribution in [0.3, 0.4) is 0 Å². The smallest absolute Gasteiger partial charge is 0.279 e. The Labute approximate surface area is 178 Å². The van der Waals surface area contributed by atoms with Crippen LogP contribution in [0.2, 0.25) is 0 Å². The number of nitrogens with zero attached hydrogens (tertiary/aromatic N) is 5. The number of amides is 1. The molecule has 2 aromatic heterocycles. The van der Waals surface area contributed by atoms with E-state index in [0.717, 1.165) is 39.3 Å². The van der Waals surface area contributed by atoms with Crippen molar-refractivity contribution < 1.29 is 4.79 Å². The minimum Gasteiger partial charge on any atom is -0.295 e. The van der Waals surface area contributed by atoms with Crippen molar-refractivity contribution in [2.45, 2.75) is 18.8 Å². The molecular formula is C20H15BrN6OS. The molecule has 0 radical (unpaired) electrons. The molecule has 0 saturated heterocycles. The monoisotopic (exact) mass is 466 g/mol. The summed E-state index contributed by atoms with van der Waals surface area (Å²) in [4.78, 5) is 12.9. The molecule has 1 saturated carbocycles. The highest BCUT2D eigenvalue weighted by Gasteiger charge is 2.34. The standard InChI is InChI=1S/C20H15BrN6OS/c21-14-8-10-15(11-9-14)27-17(12-6-7-12)16(23-26-27)18(28)22-20-25-24-19(29-20)13-4-2-1-3-5-13/h1-5,8-12H,6-7H2,(H,22,25,28). The lowest BCUT2D eigenvalue weighted by molar-refractivity contribution is 0.102. The van der Waals surface area contributed by atoms with Crippen molar-refractivity contribution in [3.05, 3.63) is 70.5 Å². The third kappa shape index (κ3) is 3.70. The fourth-order valence-corrected chi connectivity index (χ4v) is 4.08. The highest BCUT2D eigenvalue weighted by atomic mass is 79.9. The zero-order valence-electron chi connectivity index (χ0n) is 15.1. The Kier molecular flexibility index (Phi) is 4.69. The highest BCUT2D eigenvalue weighted by Crippen LogP contribution is 2.42. The van der Waals surface area contributed by atoms with E-state index in [4.69, 9.17) is 0 Å². The second kappa shape index (κ2) is 7.49. The normalized spacial score (nSPS) is 13.4. The molecule has 0 unspecified atom stereocenters. The fraction of sp³-hybridized carbons (Fsp3) is 0.150. The highest BCUT2D eigenvalue weighted by molar-refractivity contribution is 9.10. The lowest BCUT2D eigenvalue weighted by Gasteiger charge is -2.07. The number of nitrogens with one attached hydrogen (secondary N) is 1. The third-order valence-corrected chi connectivity index (χ3v) is 6.04. The lowest BCUT2D eigenvalue weighted by atomic mass is 10.2. The average molecular weight is 467 g/mol. The Hall–Kier alpha value is -2.91. The second-order valence-electron chi connectivity index (χ2n) is 6.72. The first-order chi connectivity index (χ1) is 14.2. The van der Waals surface area contributed by atoms with Crippen LogP contribution < -0.4 is 5.32 Å². The quantitative estimate of drug-likeness (QED) is 0.461. The van der Waals surface area contributed by atoms with E-state index in [1.54, 1.807) is 4.68 Å². The van der Waals surface area contributed by atoms with E-state index in [1.165, 1.54) is 11.3 Å². The van der Waals surface area contributed by atoms with Crippen molar-refractivity contribution in [1.29, 1.82) is 0 Å². The van der Waals surface area contributed by atoms with Crippen LogP contribution in [0.1, 0.15) is 34.9 Å². The maximum atomic E-state index is 12.9. The molecule has 2 aromatic carbocycles. The molecule has 0 bridgehead atoms. The zero-order valence-corrected chi connectivity index (χ0v) is 17.5. The van der Waals surface area contributed by atoms with E-state index in [-0.39, 0.29) is 5.91 Å². The second-order valence-corrected chi connectivity index (χ2v) is 8.61. The van der Waals surface area contributed by atoms with Gasteiger partial charge in [-0.05, 0) is 37.1 Å². The number of anilines is 1. The summed E-state index contributed by atoms with van der Waals surface area (Å²) in [5, 5.41) is 20.7. The number of carbonyl (C=O) groups is 1. The first-order valence-corrected chi connectivity index (χ1v) is 10.7. The van der Waals surface area contributed by atoms with E-state index in [0.29, 0.717) is 16.7 Å². The summed E-state index contributed by atoms with van der Waals surface area (Å²) >= 11 is 4.77. The minimum atomic E-state index is -0.314. The molecule has 1 aliphatic carbocycles. The van der Waals surface area contributed by atoms with Gasteiger partial charge in [0.25, 0.3) is 5.91 Å². The van der Waals surface area contributed by atoms with Gasteiger partial charge in [0.05, 0.1) is 11.4 Å². The number of halogens is 1. The van der Waals surface area contributed by atoms with Gasteiger partial charge in [-0.15, -0.1) is 15.3 Å². The van der Waals surface area contributed by atoms with Crippen molar-refractivity contribution in [2.75, 3.05) is 5.32 Å². The SMILES string of the molecule is O=C(Nc1nnc(-c2ccccc2)s1)c1nnn(-c2ccc(Br)cc2)c1C1CC1. The molecule has 144 valence electrons. The van der Waals surface area contributed by atoms with Crippen molar-refractivity contribution in [1.82, 2.24) is 25.2 Å². The molecule has 5 rings (SSSR count). The zero-order chi connectivity index (χ0) is 19.8. The van der Waals surface area contributed by atoms with Gasteiger partial charge >= 0.3 is 0 Å². The van der Waals surface area contributed by atoms with E-state index in [2.05, 4.69) is 41.8 Å².